The molecule has 0 aliphatic heterocycles. The minimum absolute atomic E-state index is 0.322. The Labute approximate surface area is 172 Å². The van der Waals surface area contributed by atoms with Crippen LogP contribution in [0.3, 0.4) is 0 Å². The van der Waals surface area contributed by atoms with Crippen LogP contribution in [0.2, 0.25) is 0 Å². The van der Waals surface area contributed by atoms with Crippen molar-refractivity contribution in [2.75, 3.05) is 0 Å². The summed E-state index contributed by atoms with van der Waals surface area (Å²) in [5.74, 6) is 3.09. The third kappa shape index (κ3) is 2.97. The van der Waals surface area contributed by atoms with Gasteiger partial charge in [0.2, 0.25) is 0 Å². The van der Waals surface area contributed by atoms with Crippen LogP contribution >= 0.6 is 0 Å². The van der Waals surface area contributed by atoms with E-state index in [0.717, 1.165) is 29.0 Å². The lowest BCUT2D eigenvalue weighted by Crippen LogP contribution is -2.48. The summed E-state index contributed by atoms with van der Waals surface area (Å²) in [6.45, 7) is 0. The van der Waals surface area contributed by atoms with Crippen LogP contribution in [0.4, 0.5) is 5.69 Å². The molecule has 4 fully saturated rings. The molecule has 0 atom stereocenters. The highest BCUT2D eigenvalue weighted by Gasteiger charge is 2.51. The van der Waals surface area contributed by atoms with Crippen LogP contribution in [0.25, 0.3) is 10.8 Å². The zero-order valence-electron chi connectivity index (χ0n) is 16.7. The molecule has 0 heterocycles. The molecule has 0 saturated heterocycles. The van der Waals surface area contributed by atoms with E-state index >= 15 is 0 Å². The smallest absolute Gasteiger partial charge is 0.124 e. The Morgan fingerprint density at radius 2 is 1.48 bits per heavy atom. The molecule has 146 valence electrons. The number of benzene rings is 3. The van der Waals surface area contributed by atoms with Crippen LogP contribution in [0.1, 0.15) is 49.7 Å². The predicted molar refractivity (Wildman–Crippen MR) is 119 cm³/mol. The normalized spacial score (nSPS) is 30.4. The molecule has 3 aromatic carbocycles. The first-order valence-electron chi connectivity index (χ1n) is 11.0. The van der Waals surface area contributed by atoms with Gasteiger partial charge in [0.15, 0.2) is 0 Å². The molecule has 1 N–H and O–H groups in total. The van der Waals surface area contributed by atoms with Crippen LogP contribution in [-0.2, 0) is 5.41 Å². The summed E-state index contributed by atoms with van der Waals surface area (Å²) in [4.78, 5) is 4.69. The van der Waals surface area contributed by atoms with E-state index in [4.69, 9.17) is 0 Å². The van der Waals surface area contributed by atoms with Crippen molar-refractivity contribution in [3.8, 4) is 5.75 Å². The lowest BCUT2D eigenvalue weighted by atomic mass is 9.48. The van der Waals surface area contributed by atoms with Gasteiger partial charge in [-0.1, -0.05) is 36.4 Å². The highest BCUT2D eigenvalue weighted by molar-refractivity contribution is 5.89. The van der Waals surface area contributed by atoms with E-state index in [1.807, 2.05) is 18.3 Å². The molecule has 4 aliphatic rings. The number of rotatable bonds is 3. The van der Waals surface area contributed by atoms with Crippen LogP contribution < -0.4 is 0 Å². The highest BCUT2D eigenvalue weighted by Crippen LogP contribution is 2.60. The first-order valence-corrected chi connectivity index (χ1v) is 11.0. The summed E-state index contributed by atoms with van der Waals surface area (Å²) in [6, 6.07) is 20.9. The van der Waals surface area contributed by atoms with Crippen molar-refractivity contribution < 1.29 is 5.11 Å². The number of phenols is 1. The standard InChI is InChI=1S/C27H27NO/c29-26-8-6-24(27-14-18-9-19(15-27)11-20(10-18)16-27)12-23(26)17-28-25-7-5-21-3-1-2-4-22(21)13-25/h1-8,12-13,17-20,29H,9-11,14-16H2. The molecule has 0 aromatic heterocycles. The van der Waals surface area contributed by atoms with E-state index in [0.29, 0.717) is 11.2 Å². The van der Waals surface area contributed by atoms with Crippen molar-refractivity contribution in [3.05, 3.63) is 71.8 Å². The second-order valence-electron chi connectivity index (χ2n) is 9.76. The summed E-state index contributed by atoms with van der Waals surface area (Å²) in [5.41, 5.74) is 3.53. The van der Waals surface area contributed by atoms with Crippen LogP contribution in [-0.4, -0.2) is 11.3 Å². The van der Waals surface area contributed by atoms with Crippen molar-refractivity contribution in [3.63, 3.8) is 0 Å². The van der Waals surface area contributed by atoms with Gasteiger partial charge in [0.05, 0.1) is 5.69 Å². The molecule has 2 nitrogen and oxygen atoms in total. The van der Waals surface area contributed by atoms with Crippen molar-refractivity contribution in [1.82, 2.24) is 0 Å². The fourth-order valence-corrected chi connectivity index (χ4v) is 6.85. The van der Waals surface area contributed by atoms with E-state index < -0.39 is 0 Å². The number of hydrogen-bond acceptors (Lipinski definition) is 2. The summed E-state index contributed by atoms with van der Waals surface area (Å²) < 4.78 is 0. The maximum absolute atomic E-state index is 10.5. The van der Waals surface area contributed by atoms with Crippen LogP contribution in [0.15, 0.2) is 65.7 Å². The maximum Gasteiger partial charge on any atom is 0.124 e. The van der Waals surface area contributed by atoms with Crippen LogP contribution in [0, 0.1) is 17.8 Å². The summed E-state index contributed by atoms with van der Waals surface area (Å²) >= 11 is 0. The fraction of sp³-hybridized carbons (Fsp3) is 0.370. The molecular weight excluding hydrogens is 354 g/mol. The lowest BCUT2D eigenvalue weighted by molar-refractivity contribution is -0.00520. The quantitative estimate of drug-likeness (QED) is 0.499. The van der Waals surface area contributed by atoms with Gasteiger partial charge < -0.3 is 5.11 Å². The molecule has 4 bridgehead atoms. The zero-order chi connectivity index (χ0) is 19.4. The van der Waals surface area contributed by atoms with E-state index in [1.165, 1.54) is 54.9 Å². The van der Waals surface area contributed by atoms with Gasteiger partial charge in [0.25, 0.3) is 0 Å². The average molecular weight is 382 g/mol. The summed E-state index contributed by atoms with van der Waals surface area (Å²) in [7, 11) is 0. The lowest BCUT2D eigenvalue weighted by Gasteiger charge is -2.57. The number of aliphatic imine (C=N–C) groups is 1. The van der Waals surface area contributed by atoms with Gasteiger partial charge in [0.1, 0.15) is 5.75 Å². The van der Waals surface area contributed by atoms with Crippen molar-refractivity contribution in [2.24, 2.45) is 22.7 Å². The van der Waals surface area contributed by atoms with Crippen LogP contribution in [0.5, 0.6) is 5.75 Å². The average Bonchev–Trinajstić information content (AvgIpc) is 2.72. The number of hydrogen-bond donors (Lipinski definition) is 1. The van der Waals surface area contributed by atoms with Gasteiger partial charge in [-0.2, -0.15) is 0 Å². The third-order valence-corrected chi connectivity index (χ3v) is 7.76. The van der Waals surface area contributed by atoms with Gasteiger partial charge in [0, 0.05) is 11.8 Å². The molecule has 3 aromatic rings. The maximum atomic E-state index is 10.5. The first kappa shape index (κ1) is 17.3. The number of phenolic OH excluding ortho intramolecular Hbond substituents is 1. The molecule has 0 radical (unpaired) electrons. The second kappa shape index (κ2) is 6.45. The predicted octanol–water partition coefficient (Wildman–Crippen LogP) is 6.76. The fourth-order valence-electron chi connectivity index (χ4n) is 6.85. The Balaban J connectivity index is 1.33. The van der Waals surface area contributed by atoms with E-state index in [-0.39, 0.29) is 0 Å². The molecule has 0 unspecified atom stereocenters. The Hall–Kier alpha value is -2.61. The minimum atomic E-state index is 0.322. The van der Waals surface area contributed by atoms with Gasteiger partial charge in [-0.15, -0.1) is 0 Å². The van der Waals surface area contributed by atoms with Crippen molar-refractivity contribution in [1.29, 1.82) is 0 Å². The van der Waals surface area contributed by atoms with Gasteiger partial charge >= 0.3 is 0 Å². The topological polar surface area (TPSA) is 32.6 Å². The molecule has 0 spiro atoms. The van der Waals surface area contributed by atoms with Gasteiger partial charge in [-0.25, -0.2) is 0 Å². The van der Waals surface area contributed by atoms with Gasteiger partial charge in [-0.05, 0) is 102 Å². The summed E-state index contributed by atoms with van der Waals surface area (Å²) in [5, 5.41) is 12.9. The molecule has 7 rings (SSSR count). The monoisotopic (exact) mass is 381 g/mol. The Morgan fingerprint density at radius 3 is 2.21 bits per heavy atom. The number of fused-ring (bicyclic) bond motifs is 1. The number of aromatic hydroxyl groups is 1. The largest absolute Gasteiger partial charge is 0.507 e. The molecule has 4 saturated carbocycles. The van der Waals surface area contributed by atoms with Crippen molar-refractivity contribution in [2.45, 2.75) is 43.9 Å². The first-order chi connectivity index (χ1) is 14.2. The molecular formula is C27H27NO. The number of nitrogens with zero attached hydrogens (tertiary/aromatic N) is 1. The molecule has 0 amide bonds. The molecule has 29 heavy (non-hydrogen) atoms. The third-order valence-electron chi connectivity index (χ3n) is 7.76. The van der Waals surface area contributed by atoms with Gasteiger partial charge in [-0.3, -0.25) is 4.99 Å². The minimum Gasteiger partial charge on any atom is -0.507 e. The Bertz CT molecular complexity index is 1080. The van der Waals surface area contributed by atoms with E-state index in [1.54, 1.807) is 0 Å². The Morgan fingerprint density at radius 1 is 0.793 bits per heavy atom. The SMILES string of the molecule is Oc1ccc(C23CC4CC(CC(C4)C2)C3)cc1C=Nc1ccc2ccccc2c1. The summed E-state index contributed by atoms with van der Waals surface area (Å²) in [6.07, 6.45) is 10.2. The van der Waals surface area contributed by atoms with E-state index in [9.17, 15) is 5.11 Å². The van der Waals surface area contributed by atoms with E-state index in [2.05, 4.69) is 53.5 Å². The van der Waals surface area contributed by atoms with Crippen molar-refractivity contribution >= 4 is 22.7 Å². The zero-order valence-corrected chi connectivity index (χ0v) is 16.7. The molecule has 2 heteroatoms. The Kier molecular flexibility index (Phi) is 3.84. The highest BCUT2D eigenvalue weighted by atomic mass is 16.3. The second-order valence-corrected chi connectivity index (χ2v) is 9.76. The molecule has 4 aliphatic carbocycles.